The van der Waals surface area contributed by atoms with E-state index >= 15 is 0 Å². The van der Waals surface area contributed by atoms with E-state index in [-0.39, 0.29) is 22.8 Å². The molecular weight excluding hydrogens is 542 g/mol. The molecule has 41 heavy (non-hydrogen) atoms. The maximum absolute atomic E-state index is 13.5. The Kier molecular flexibility index (Phi) is 6.40. The molecule has 1 amide bonds. The Morgan fingerprint density at radius 3 is 2.54 bits per heavy atom. The number of aromatic nitrogens is 5. The molecule has 2 saturated carbocycles. The summed E-state index contributed by atoms with van der Waals surface area (Å²) in [6, 6.07) is 9.00. The third kappa shape index (κ3) is 5.31. The van der Waals surface area contributed by atoms with Gasteiger partial charge in [-0.15, -0.1) is 5.10 Å². The van der Waals surface area contributed by atoms with E-state index in [1.165, 1.54) is 7.11 Å². The Labute approximate surface area is 239 Å². The molecule has 0 atom stereocenters. The number of carbonyl (C=O) groups excluding carboxylic acids is 1. The molecule has 2 aromatic carbocycles. The first-order valence-electron chi connectivity index (χ1n) is 13.5. The summed E-state index contributed by atoms with van der Waals surface area (Å²) < 4.78 is 36.0. The molecule has 0 spiro atoms. The number of anilines is 2. The predicted octanol–water partition coefficient (Wildman–Crippen LogP) is 4.54. The van der Waals surface area contributed by atoms with Crippen molar-refractivity contribution in [2.24, 2.45) is 7.05 Å². The Hall–Kier alpha value is -4.19. The van der Waals surface area contributed by atoms with Crippen molar-refractivity contribution in [1.29, 1.82) is 0 Å². The molecule has 2 heterocycles. The van der Waals surface area contributed by atoms with E-state index in [0.29, 0.717) is 28.6 Å². The first-order chi connectivity index (χ1) is 19.5. The number of nitrogens with one attached hydrogen (secondary N) is 2. The standard InChI is InChI=1S/C29H33N7O4S/c1-17-6-7-19(12-24(17)36-16-23(32-34-36)25-15-30-27(35(25)3)18-8-9-18)28(37)31-21-13-20(29(2)10-11-29)14-22(26(21)40-4)33-41(5,38)39/h6-7,12-16,18,33H,8-11H2,1-5H3,(H,31,37). The van der Waals surface area contributed by atoms with Crippen LogP contribution in [-0.4, -0.2) is 52.2 Å². The molecule has 11 nitrogen and oxygen atoms in total. The topological polar surface area (TPSA) is 133 Å². The van der Waals surface area contributed by atoms with Crippen LogP contribution < -0.4 is 14.8 Å². The van der Waals surface area contributed by atoms with E-state index in [4.69, 9.17) is 4.74 Å². The molecule has 0 radical (unpaired) electrons. The highest BCUT2D eigenvalue weighted by Crippen LogP contribution is 2.51. The smallest absolute Gasteiger partial charge is 0.255 e. The van der Waals surface area contributed by atoms with E-state index < -0.39 is 10.0 Å². The lowest BCUT2D eigenvalue weighted by molar-refractivity contribution is 0.102. The van der Waals surface area contributed by atoms with Crippen molar-refractivity contribution in [2.75, 3.05) is 23.4 Å². The van der Waals surface area contributed by atoms with Gasteiger partial charge in [0.05, 0.1) is 48.5 Å². The van der Waals surface area contributed by atoms with E-state index in [2.05, 4.69) is 36.8 Å². The van der Waals surface area contributed by atoms with Gasteiger partial charge < -0.3 is 14.6 Å². The number of nitrogens with zero attached hydrogens (tertiary/aromatic N) is 5. The molecule has 6 rings (SSSR count). The van der Waals surface area contributed by atoms with E-state index in [1.54, 1.807) is 22.9 Å². The highest BCUT2D eigenvalue weighted by atomic mass is 32.2. The van der Waals surface area contributed by atoms with E-state index in [1.807, 2.05) is 38.5 Å². The summed E-state index contributed by atoms with van der Waals surface area (Å²) in [5.41, 5.74) is 5.16. The molecule has 2 fully saturated rings. The van der Waals surface area contributed by atoms with Gasteiger partial charge in [0, 0.05) is 18.5 Å². The zero-order valence-electron chi connectivity index (χ0n) is 23.7. The zero-order chi connectivity index (χ0) is 29.1. The number of benzene rings is 2. The maximum Gasteiger partial charge on any atom is 0.255 e. The number of imidazole rings is 1. The van der Waals surface area contributed by atoms with Crippen LogP contribution in [0.2, 0.25) is 0 Å². The molecule has 2 aliphatic carbocycles. The molecule has 2 N–H and O–H groups in total. The summed E-state index contributed by atoms with van der Waals surface area (Å²) in [4.78, 5) is 18.1. The summed E-state index contributed by atoms with van der Waals surface area (Å²) in [5.74, 6) is 1.46. The van der Waals surface area contributed by atoms with Gasteiger partial charge in [-0.3, -0.25) is 9.52 Å². The Morgan fingerprint density at radius 2 is 1.88 bits per heavy atom. The number of amides is 1. The lowest BCUT2D eigenvalue weighted by Crippen LogP contribution is -2.17. The van der Waals surface area contributed by atoms with Crippen LogP contribution in [0.5, 0.6) is 5.75 Å². The van der Waals surface area contributed by atoms with Crippen LogP contribution >= 0.6 is 0 Å². The summed E-state index contributed by atoms with van der Waals surface area (Å²) in [5, 5.41) is 11.7. The fraction of sp³-hybridized carbons (Fsp3) is 0.379. The number of aryl methyl sites for hydroxylation is 1. The molecule has 0 saturated heterocycles. The van der Waals surface area contributed by atoms with Crippen molar-refractivity contribution in [3.8, 4) is 22.8 Å². The lowest BCUT2D eigenvalue weighted by atomic mass is 9.96. The van der Waals surface area contributed by atoms with Gasteiger partial charge in [0.15, 0.2) is 5.75 Å². The van der Waals surface area contributed by atoms with Crippen LogP contribution in [-0.2, 0) is 22.5 Å². The number of carbonyl (C=O) groups is 1. The van der Waals surface area contributed by atoms with Gasteiger partial charge in [-0.05, 0) is 73.4 Å². The third-order valence-corrected chi connectivity index (χ3v) is 8.56. The van der Waals surface area contributed by atoms with Gasteiger partial charge in [-0.1, -0.05) is 18.2 Å². The minimum atomic E-state index is -3.57. The van der Waals surface area contributed by atoms with Crippen LogP contribution in [0.15, 0.2) is 42.7 Å². The Bertz CT molecular complexity index is 1780. The van der Waals surface area contributed by atoms with Crippen molar-refractivity contribution < 1.29 is 17.9 Å². The molecule has 214 valence electrons. The summed E-state index contributed by atoms with van der Waals surface area (Å²) in [6.45, 7) is 4.06. The minimum absolute atomic E-state index is 0.0746. The lowest BCUT2D eigenvalue weighted by Gasteiger charge is -2.19. The number of rotatable bonds is 9. The fourth-order valence-corrected chi connectivity index (χ4v) is 5.67. The van der Waals surface area contributed by atoms with E-state index in [9.17, 15) is 13.2 Å². The molecule has 2 aromatic heterocycles. The fourth-order valence-electron chi connectivity index (χ4n) is 5.12. The molecule has 0 bridgehead atoms. The average Bonchev–Trinajstić information content (AvgIpc) is 3.81. The zero-order valence-corrected chi connectivity index (χ0v) is 24.5. The minimum Gasteiger partial charge on any atom is -0.492 e. The van der Waals surface area contributed by atoms with Crippen LogP contribution in [0.3, 0.4) is 0 Å². The van der Waals surface area contributed by atoms with Crippen LogP contribution in [0, 0.1) is 6.92 Å². The summed E-state index contributed by atoms with van der Waals surface area (Å²) in [6.07, 6.45) is 9.03. The number of sulfonamides is 1. The molecule has 2 aliphatic rings. The third-order valence-electron chi connectivity index (χ3n) is 7.97. The Balaban J connectivity index is 1.31. The van der Waals surface area contributed by atoms with Crippen molar-refractivity contribution in [3.05, 3.63) is 65.2 Å². The predicted molar refractivity (Wildman–Crippen MR) is 156 cm³/mol. The van der Waals surface area contributed by atoms with Crippen molar-refractivity contribution in [1.82, 2.24) is 24.5 Å². The molecule has 12 heteroatoms. The number of methoxy groups -OCH3 is 1. The van der Waals surface area contributed by atoms with Crippen molar-refractivity contribution in [2.45, 2.75) is 50.9 Å². The Morgan fingerprint density at radius 1 is 1.15 bits per heavy atom. The number of ether oxygens (including phenoxy) is 1. The summed E-state index contributed by atoms with van der Waals surface area (Å²) >= 11 is 0. The van der Waals surface area contributed by atoms with Crippen LogP contribution in [0.25, 0.3) is 17.1 Å². The molecular formula is C29H33N7O4S. The van der Waals surface area contributed by atoms with Gasteiger partial charge in [-0.2, -0.15) is 0 Å². The van der Waals surface area contributed by atoms with Gasteiger partial charge in [0.25, 0.3) is 5.91 Å². The highest BCUT2D eigenvalue weighted by Gasteiger charge is 2.40. The second kappa shape index (κ2) is 9.72. The van der Waals surface area contributed by atoms with Gasteiger partial charge >= 0.3 is 0 Å². The normalized spacial score (nSPS) is 15.9. The number of hydrogen-bond acceptors (Lipinski definition) is 7. The van der Waals surface area contributed by atoms with Gasteiger partial charge in [0.1, 0.15) is 11.5 Å². The first-order valence-corrected chi connectivity index (χ1v) is 15.4. The monoisotopic (exact) mass is 575 g/mol. The quantitative estimate of drug-likeness (QED) is 0.299. The van der Waals surface area contributed by atoms with Gasteiger partial charge in [0.2, 0.25) is 10.0 Å². The average molecular weight is 576 g/mol. The second-order valence-corrected chi connectivity index (χ2v) is 13.1. The van der Waals surface area contributed by atoms with Gasteiger partial charge in [-0.25, -0.2) is 18.1 Å². The molecule has 0 unspecified atom stereocenters. The van der Waals surface area contributed by atoms with Crippen molar-refractivity contribution in [3.63, 3.8) is 0 Å². The molecule has 4 aromatic rings. The van der Waals surface area contributed by atoms with Crippen LogP contribution in [0.4, 0.5) is 11.4 Å². The van der Waals surface area contributed by atoms with Crippen LogP contribution in [0.1, 0.15) is 65.8 Å². The molecule has 0 aliphatic heterocycles. The largest absolute Gasteiger partial charge is 0.492 e. The highest BCUT2D eigenvalue weighted by molar-refractivity contribution is 7.92. The second-order valence-electron chi connectivity index (χ2n) is 11.4. The summed E-state index contributed by atoms with van der Waals surface area (Å²) in [7, 11) is -0.136. The maximum atomic E-state index is 13.5. The van der Waals surface area contributed by atoms with E-state index in [0.717, 1.165) is 54.6 Å². The van der Waals surface area contributed by atoms with Crippen molar-refractivity contribution >= 4 is 27.3 Å². The number of hydrogen-bond donors (Lipinski definition) is 2. The SMILES string of the molecule is COc1c(NC(=O)c2ccc(C)c(-n3cc(-c4cnc(C5CC5)n4C)nn3)c2)cc(C2(C)CC2)cc1NS(C)(=O)=O. The first kappa shape index (κ1) is 27.0.